The van der Waals surface area contributed by atoms with Crippen molar-refractivity contribution in [2.24, 2.45) is 0 Å². The molecule has 6 nitrogen and oxygen atoms in total. The van der Waals surface area contributed by atoms with Gasteiger partial charge in [0.1, 0.15) is 5.82 Å². The summed E-state index contributed by atoms with van der Waals surface area (Å²) in [5, 5.41) is 8.86. The van der Waals surface area contributed by atoms with Crippen LogP contribution in [-0.4, -0.2) is 47.8 Å². The lowest BCUT2D eigenvalue weighted by atomic mass is 10.3. The number of carbonyl (C=O) groups is 1. The maximum Gasteiger partial charge on any atom is 0.376 e. The summed E-state index contributed by atoms with van der Waals surface area (Å²) < 4.78 is 4.62. The lowest BCUT2D eigenvalue weighted by molar-refractivity contribution is 0.0586. The zero-order valence-corrected chi connectivity index (χ0v) is 11.0. The maximum atomic E-state index is 11.4. The summed E-state index contributed by atoms with van der Waals surface area (Å²) in [6.45, 7) is 5.36. The van der Waals surface area contributed by atoms with Gasteiger partial charge in [0.15, 0.2) is 0 Å². The molecular formula is C12H19N3O3. The fraction of sp³-hybridized carbons (Fsp3) is 0.583. The van der Waals surface area contributed by atoms with Crippen LogP contribution in [0.2, 0.25) is 0 Å². The summed E-state index contributed by atoms with van der Waals surface area (Å²) in [6, 6.07) is 1.81. The van der Waals surface area contributed by atoms with Crippen LogP contribution in [0.1, 0.15) is 29.7 Å². The van der Waals surface area contributed by atoms with Crippen LogP contribution < -0.4 is 4.90 Å². The second-order valence-corrected chi connectivity index (χ2v) is 3.84. The summed E-state index contributed by atoms with van der Waals surface area (Å²) in [6.07, 6.45) is 0.657. The quantitative estimate of drug-likeness (QED) is 0.755. The Morgan fingerprint density at radius 2 is 2.22 bits per heavy atom. The van der Waals surface area contributed by atoms with Crippen molar-refractivity contribution in [3.63, 3.8) is 0 Å². The van der Waals surface area contributed by atoms with Crippen molar-refractivity contribution in [1.29, 1.82) is 0 Å². The van der Waals surface area contributed by atoms with Gasteiger partial charge in [-0.3, -0.25) is 0 Å². The molecule has 1 aromatic rings. The van der Waals surface area contributed by atoms with E-state index in [0.29, 0.717) is 24.5 Å². The molecule has 0 saturated heterocycles. The minimum absolute atomic E-state index is 0.0648. The molecule has 6 heteroatoms. The van der Waals surface area contributed by atoms with E-state index in [-0.39, 0.29) is 12.4 Å². The molecule has 18 heavy (non-hydrogen) atoms. The number of ether oxygens (including phenoxy) is 1. The summed E-state index contributed by atoms with van der Waals surface area (Å²) in [5.74, 6) is 0.201. The molecule has 0 saturated carbocycles. The first kappa shape index (κ1) is 14.4. The van der Waals surface area contributed by atoms with Crippen molar-refractivity contribution in [3.8, 4) is 0 Å². The van der Waals surface area contributed by atoms with Gasteiger partial charge in [0, 0.05) is 31.5 Å². The SMILES string of the molecule is CCN(CCCO)c1cc(C)nc(C(=O)OC)n1. The van der Waals surface area contributed by atoms with Crippen molar-refractivity contribution in [2.75, 3.05) is 31.7 Å². The van der Waals surface area contributed by atoms with Crippen molar-refractivity contribution < 1.29 is 14.6 Å². The number of anilines is 1. The van der Waals surface area contributed by atoms with Gasteiger partial charge < -0.3 is 14.7 Å². The molecule has 0 aliphatic heterocycles. The van der Waals surface area contributed by atoms with Gasteiger partial charge in [0.2, 0.25) is 5.82 Å². The van der Waals surface area contributed by atoms with E-state index in [0.717, 1.165) is 6.54 Å². The molecule has 0 unspecified atom stereocenters. The minimum Gasteiger partial charge on any atom is -0.463 e. The van der Waals surface area contributed by atoms with Gasteiger partial charge >= 0.3 is 5.97 Å². The van der Waals surface area contributed by atoms with Crippen molar-refractivity contribution in [3.05, 3.63) is 17.6 Å². The Labute approximate surface area is 107 Å². The fourth-order valence-corrected chi connectivity index (χ4v) is 1.59. The fourth-order valence-electron chi connectivity index (χ4n) is 1.59. The Morgan fingerprint density at radius 3 is 2.78 bits per heavy atom. The number of methoxy groups -OCH3 is 1. The first-order valence-corrected chi connectivity index (χ1v) is 5.92. The first-order valence-electron chi connectivity index (χ1n) is 5.92. The van der Waals surface area contributed by atoms with Gasteiger partial charge in [-0.1, -0.05) is 0 Å². The van der Waals surface area contributed by atoms with E-state index in [4.69, 9.17) is 5.11 Å². The molecule has 0 aliphatic rings. The summed E-state index contributed by atoms with van der Waals surface area (Å²) >= 11 is 0. The molecule has 1 N–H and O–H groups in total. The van der Waals surface area contributed by atoms with E-state index in [1.165, 1.54) is 7.11 Å². The van der Waals surface area contributed by atoms with Crippen molar-refractivity contribution >= 4 is 11.8 Å². The average molecular weight is 253 g/mol. The second kappa shape index (κ2) is 6.90. The average Bonchev–Trinajstić information content (AvgIpc) is 2.38. The second-order valence-electron chi connectivity index (χ2n) is 3.84. The highest BCUT2D eigenvalue weighted by Gasteiger charge is 2.14. The molecule has 0 radical (unpaired) electrons. The molecule has 0 amide bonds. The van der Waals surface area contributed by atoms with E-state index in [2.05, 4.69) is 14.7 Å². The number of nitrogens with zero attached hydrogens (tertiary/aromatic N) is 3. The summed E-state index contributed by atoms with van der Waals surface area (Å²) in [5.41, 5.74) is 0.711. The number of hydrogen-bond donors (Lipinski definition) is 1. The number of carbonyl (C=O) groups excluding carboxylic acids is 1. The van der Waals surface area contributed by atoms with Gasteiger partial charge in [-0.05, 0) is 20.3 Å². The summed E-state index contributed by atoms with van der Waals surface area (Å²) in [7, 11) is 1.30. The van der Waals surface area contributed by atoms with Crippen molar-refractivity contribution in [2.45, 2.75) is 20.3 Å². The molecule has 1 heterocycles. The Bertz CT molecular complexity index is 410. The van der Waals surface area contributed by atoms with E-state index in [1.807, 2.05) is 17.9 Å². The van der Waals surface area contributed by atoms with E-state index in [1.54, 1.807) is 6.92 Å². The zero-order valence-electron chi connectivity index (χ0n) is 11.0. The van der Waals surface area contributed by atoms with Gasteiger partial charge in [0.25, 0.3) is 0 Å². The van der Waals surface area contributed by atoms with Crippen LogP contribution in [0.4, 0.5) is 5.82 Å². The molecule has 0 aromatic carbocycles. The number of aromatic nitrogens is 2. The third-order valence-corrected chi connectivity index (χ3v) is 2.50. The topological polar surface area (TPSA) is 75.5 Å². The minimum atomic E-state index is -0.543. The number of esters is 1. The third kappa shape index (κ3) is 3.66. The maximum absolute atomic E-state index is 11.4. The predicted molar refractivity (Wildman–Crippen MR) is 67.7 cm³/mol. The molecule has 1 rings (SSSR count). The lowest BCUT2D eigenvalue weighted by Gasteiger charge is -2.21. The Balaban J connectivity index is 2.99. The largest absolute Gasteiger partial charge is 0.463 e. The normalized spacial score (nSPS) is 10.2. The highest BCUT2D eigenvalue weighted by atomic mass is 16.5. The van der Waals surface area contributed by atoms with Crippen LogP contribution in [0.25, 0.3) is 0 Å². The molecule has 0 atom stereocenters. The van der Waals surface area contributed by atoms with Gasteiger partial charge in [0.05, 0.1) is 7.11 Å². The molecule has 0 aliphatic carbocycles. The molecule has 100 valence electrons. The van der Waals surface area contributed by atoms with Crippen LogP contribution >= 0.6 is 0 Å². The molecule has 0 spiro atoms. The standard InChI is InChI=1S/C12H19N3O3/c1-4-15(6-5-7-16)10-8-9(2)13-11(14-10)12(17)18-3/h8,16H,4-7H2,1-3H3. The van der Waals surface area contributed by atoms with Crippen molar-refractivity contribution in [1.82, 2.24) is 9.97 Å². The lowest BCUT2D eigenvalue weighted by Crippen LogP contribution is -2.26. The van der Waals surface area contributed by atoms with Crippen LogP contribution in [0.3, 0.4) is 0 Å². The molecule has 0 bridgehead atoms. The molecular weight excluding hydrogens is 234 g/mol. The zero-order chi connectivity index (χ0) is 13.5. The smallest absolute Gasteiger partial charge is 0.376 e. The monoisotopic (exact) mass is 253 g/mol. The molecule has 1 aromatic heterocycles. The number of aliphatic hydroxyl groups excluding tert-OH is 1. The van der Waals surface area contributed by atoms with Crippen LogP contribution in [0.5, 0.6) is 0 Å². The van der Waals surface area contributed by atoms with E-state index < -0.39 is 5.97 Å². The third-order valence-electron chi connectivity index (χ3n) is 2.50. The van der Waals surface area contributed by atoms with E-state index in [9.17, 15) is 4.79 Å². The number of rotatable bonds is 6. The van der Waals surface area contributed by atoms with Gasteiger partial charge in [-0.25, -0.2) is 14.8 Å². The Kier molecular flexibility index (Phi) is 5.51. The Morgan fingerprint density at radius 1 is 1.50 bits per heavy atom. The number of hydrogen-bond acceptors (Lipinski definition) is 6. The predicted octanol–water partition coefficient (Wildman–Crippen LogP) is 0.780. The van der Waals surface area contributed by atoms with Crippen LogP contribution in [0, 0.1) is 6.92 Å². The highest BCUT2D eigenvalue weighted by molar-refractivity contribution is 5.85. The number of aryl methyl sites for hydroxylation is 1. The van der Waals surface area contributed by atoms with Crippen LogP contribution in [0.15, 0.2) is 6.07 Å². The summed E-state index contributed by atoms with van der Waals surface area (Å²) in [4.78, 5) is 21.6. The van der Waals surface area contributed by atoms with E-state index >= 15 is 0 Å². The van der Waals surface area contributed by atoms with Gasteiger partial charge in [-0.15, -0.1) is 0 Å². The van der Waals surface area contributed by atoms with Crippen LogP contribution in [-0.2, 0) is 4.74 Å². The Hall–Kier alpha value is -1.69. The van der Waals surface area contributed by atoms with Gasteiger partial charge in [-0.2, -0.15) is 0 Å². The number of aliphatic hydroxyl groups is 1. The molecule has 0 fully saturated rings. The first-order chi connectivity index (χ1) is 8.62. The highest BCUT2D eigenvalue weighted by Crippen LogP contribution is 2.13.